The van der Waals surface area contributed by atoms with Gasteiger partial charge < -0.3 is 5.11 Å². The number of nitrogens with zero attached hydrogens (tertiary/aromatic N) is 1. The lowest BCUT2D eigenvalue weighted by molar-refractivity contribution is -0.0500. The largest absolute Gasteiger partial charge is 0.389 e. The minimum absolute atomic E-state index is 0.420. The molecule has 1 unspecified atom stereocenters. The summed E-state index contributed by atoms with van der Waals surface area (Å²) in [5.41, 5.74) is -0.420. The third-order valence-electron chi connectivity index (χ3n) is 3.57. The maximum atomic E-state index is 9.94. The van der Waals surface area contributed by atoms with E-state index in [0.29, 0.717) is 0 Å². The van der Waals surface area contributed by atoms with Gasteiger partial charge in [-0.1, -0.05) is 6.92 Å². The average Bonchev–Trinajstić information content (AvgIpc) is 1.97. The van der Waals surface area contributed by atoms with Crippen molar-refractivity contribution >= 4 is 0 Å². The zero-order chi connectivity index (χ0) is 9.47. The minimum Gasteiger partial charge on any atom is -0.389 e. The first-order valence-electron chi connectivity index (χ1n) is 5.53. The molecular weight excluding hydrogens is 162 g/mol. The lowest BCUT2D eigenvalue weighted by Crippen LogP contribution is -2.53. The average molecular weight is 183 g/mol. The second kappa shape index (κ2) is 3.25. The minimum atomic E-state index is -0.420. The number of piperidine rings is 1. The van der Waals surface area contributed by atoms with Gasteiger partial charge in [0.05, 0.1) is 5.60 Å². The zero-order valence-corrected chi connectivity index (χ0v) is 8.79. The number of aliphatic hydroxyl groups is 1. The van der Waals surface area contributed by atoms with Crippen LogP contribution in [0.2, 0.25) is 0 Å². The van der Waals surface area contributed by atoms with Gasteiger partial charge in [-0.25, -0.2) is 0 Å². The Bertz CT molecular complexity index is 185. The van der Waals surface area contributed by atoms with Crippen molar-refractivity contribution in [3.8, 4) is 0 Å². The summed E-state index contributed by atoms with van der Waals surface area (Å²) in [6.07, 6.45) is 4.83. The molecule has 0 amide bonds. The summed E-state index contributed by atoms with van der Waals surface area (Å²) in [5, 5.41) is 9.94. The van der Waals surface area contributed by atoms with Crippen LogP contribution >= 0.6 is 0 Å². The van der Waals surface area contributed by atoms with Crippen LogP contribution < -0.4 is 0 Å². The van der Waals surface area contributed by atoms with Crippen molar-refractivity contribution in [1.29, 1.82) is 0 Å². The Morgan fingerprint density at radius 1 is 1.38 bits per heavy atom. The van der Waals surface area contributed by atoms with Crippen LogP contribution in [0.3, 0.4) is 0 Å². The van der Waals surface area contributed by atoms with E-state index >= 15 is 0 Å². The smallest absolute Gasteiger partial charge is 0.0746 e. The predicted octanol–water partition coefficient (Wildman–Crippen LogP) is 1.63. The summed E-state index contributed by atoms with van der Waals surface area (Å²) in [5.74, 6) is 0.914. The molecule has 2 heteroatoms. The SMILES string of the molecule is CC1CC(N2CCCC(C)(O)C2)C1. The van der Waals surface area contributed by atoms with Gasteiger partial charge in [-0.15, -0.1) is 0 Å². The first-order valence-corrected chi connectivity index (χ1v) is 5.53. The molecule has 0 spiro atoms. The van der Waals surface area contributed by atoms with E-state index < -0.39 is 5.60 Å². The molecular formula is C11H21NO. The Hall–Kier alpha value is -0.0800. The fourth-order valence-electron chi connectivity index (χ4n) is 2.73. The molecule has 0 bridgehead atoms. The molecule has 1 heterocycles. The Kier molecular flexibility index (Phi) is 2.37. The van der Waals surface area contributed by atoms with Crippen molar-refractivity contribution in [3.63, 3.8) is 0 Å². The molecule has 13 heavy (non-hydrogen) atoms. The molecule has 0 aromatic carbocycles. The van der Waals surface area contributed by atoms with Crippen LogP contribution in [0.1, 0.15) is 39.5 Å². The highest BCUT2D eigenvalue weighted by molar-refractivity contribution is 4.91. The van der Waals surface area contributed by atoms with E-state index in [1.165, 1.54) is 19.4 Å². The van der Waals surface area contributed by atoms with Gasteiger partial charge in [-0.2, -0.15) is 0 Å². The third kappa shape index (κ3) is 2.05. The molecule has 2 aliphatic rings. The quantitative estimate of drug-likeness (QED) is 0.668. The molecule has 2 rings (SSSR count). The van der Waals surface area contributed by atoms with Crippen LogP contribution in [0.25, 0.3) is 0 Å². The van der Waals surface area contributed by atoms with E-state index in [-0.39, 0.29) is 0 Å². The van der Waals surface area contributed by atoms with Crippen LogP contribution in [-0.2, 0) is 0 Å². The van der Waals surface area contributed by atoms with E-state index in [9.17, 15) is 5.11 Å². The molecule has 1 aliphatic heterocycles. The summed E-state index contributed by atoms with van der Waals surface area (Å²) >= 11 is 0. The van der Waals surface area contributed by atoms with Crippen molar-refractivity contribution in [3.05, 3.63) is 0 Å². The van der Waals surface area contributed by atoms with Gasteiger partial charge in [0.2, 0.25) is 0 Å². The molecule has 1 atom stereocenters. The zero-order valence-electron chi connectivity index (χ0n) is 8.79. The summed E-state index contributed by atoms with van der Waals surface area (Å²) in [6.45, 7) is 6.39. The standard InChI is InChI=1S/C11H21NO/c1-9-6-10(7-9)12-5-3-4-11(2,13)8-12/h9-10,13H,3-8H2,1-2H3. The van der Waals surface area contributed by atoms with Crippen LogP contribution in [0.5, 0.6) is 0 Å². The van der Waals surface area contributed by atoms with E-state index in [1.807, 2.05) is 6.92 Å². The van der Waals surface area contributed by atoms with E-state index in [2.05, 4.69) is 11.8 Å². The fraction of sp³-hybridized carbons (Fsp3) is 1.00. The molecule has 0 radical (unpaired) electrons. The van der Waals surface area contributed by atoms with Crippen molar-refractivity contribution < 1.29 is 5.11 Å². The summed E-state index contributed by atoms with van der Waals surface area (Å²) in [6, 6.07) is 0.779. The van der Waals surface area contributed by atoms with Crippen molar-refractivity contribution in [2.24, 2.45) is 5.92 Å². The molecule has 1 aliphatic carbocycles. The van der Waals surface area contributed by atoms with Gasteiger partial charge in [0.25, 0.3) is 0 Å². The lowest BCUT2D eigenvalue weighted by Gasteiger charge is -2.47. The van der Waals surface area contributed by atoms with Crippen molar-refractivity contribution in [2.45, 2.75) is 51.2 Å². The second-order valence-electron chi connectivity index (χ2n) is 5.30. The lowest BCUT2D eigenvalue weighted by atomic mass is 9.79. The summed E-state index contributed by atoms with van der Waals surface area (Å²) in [4.78, 5) is 2.49. The van der Waals surface area contributed by atoms with E-state index in [1.54, 1.807) is 0 Å². The van der Waals surface area contributed by atoms with E-state index in [4.69, 9.17) is 0 Å². The number of likely N-dealkylation sites (tertiary alicyclic amines) is 1. The summed E-state index contributed by atoms with van der Waals surface area (Å²) in [7, 11) is 0. The highest BCUT2D eigenvalue weighted by Gasteiger charge is 2.36. The Labute approximate surface area is 80.9 Å². The van der Waals surface area contributed by atoms with Crippen molar-refractivity contribution in [1.82, 2.24) is 4.90 Å². The van der Waals surface area contributed by atoms with Gasteiger partial charge in [-0.3, -0.25) is 4.90 Å². The van der Waals surface area contributed by atoms with Crippen LogP contribution in [0.15, 0.2) is 0 Å². The Morgan fingerprint density at radius 3 is 2.62 bits per heavy atom. The topological polar surface area (TPSA) is 23.5 Å². The number of β-amino-alcohol motifs (C(OH)–C–C–N with tert-alkyl or cyclic N) is 1. The molecule has 1 saturated heterocycles. The molecule has 2 nitrogen and oxygen atoms in total. The fourth-order valence-corrected chi connectivity index (χ4v) is 2.73. The van der Waals surface area contributed by atoms with Gasteiger partial charge in [-0.05, 0) is 45.1 Å². The number of rotatable bonds is 1. The number of hydrogen-bond acceptors (Lipinski definition) is 2. The highest BCUT2D eigenvalue weighted by Crippen LogP contribution is 2.34. The molecule has 1 N–H and O–H groups in total. The monoisotopic (exact) mass is 183 g/mol. The van der Waals surface area contributed by atoms with Crippen LogP contribution in [-0.4, -0.2) is 34.7 Å². The number of hydrogen-bond donors (Lipinski definition) is 1. The molecule has 0 aromatic rings. The first kappa shape index (κ1) is 9.47. The molecule has 0 aromatic heterocycles. The molecule has 76 valence electrons. The third-order valence-corrected chi connectivity index (χ3v) is 3.57. The maximum absolute atomic E-state index is 9.94. The predicted molar refractivity (Wildman–Crippen MR) is 53.6 cm³/mol. The van der Waals surface area contributed by atoms with Crippen molar-refractivity contribution in [2.75, 3.05) is 13.1 Å². The first-order chi connectivity index (χ1) is 6.07. The van der Waals surface area contributed by atoms with Crippen LogP contribution in [0, 0.1) is 5.92 Å². The van der Waals surface area contributed by atoms with Crippen LogP contribution in [0.4, 0.5) is 0 Å². The molecule has 2 fully saturated rings. The molecule has 1 saturated carbocycles. The Morgan fingerprint density at radius 2 is 2.08 bits per heavy atom. The summed E-state index contributed by atoms with van der Waals surface area (Å²) < 4.78 is 0. The van der Waals surface area contributed by atoms with Gasteiger partial charge in [0, 0.05) is 12.6 Å². The normalized spacial score (nSPS) is 47.3. The van der Waals surface area contributed by atoms with Gasteiger partial charge >= 0.3 is 0 Å². The second-order valence-corrected chi connectivity index (χ2v) is 5.30. The van der Waals surface area contributed by atoms with E-state index in [0.717, 1.165) is 31.3 Å². The maximum Gasteiger partial charge on any atom is 0.0746 e. The highest BCUT2D eigenvalue weighted by atomic mass is 16.3. The van der Waals surface area contributed by atoms with Gasteiger partial charge in [0.15, 0.2) is 0 Å². The Balaban J connectivity index is 1.86. The van der Waals surface area contributed by atoms with Gasteiger partial charge in [0.1, 0.15) is 0 Å².